The van der Waals surface area contributed by atoms with Crippen molar-refractivity contribution in [2.75, 3.05) is 6.61 Å². The Morgan fingerprint density at radius 1 is 1.14 bits per heavy atom. The van der Waals surface area contributed by atoms with Gasteiger partial charge in [-0.1, -0.05) is 26.0 Å². The number of hydrogen-bond donors (Lipinski definition) is 1. The summed E-state index contributed by atoms with van der Waals surface area (Å²) in [6.45, 7) is 4.35. The number of halogens is 1. The largest absolute Gasteiger partial charge is 0.396 e. The zero-order valence-electron chi connectivity index (χ0n) is 12.7. The van der Waals surface area contributed by atoms with Gasteiger partial charge < -0.3 is 5.11 Å². The highest BCUT2D eigenvalue weighted by Crippen LogP contribution is 2.21. The molecule has 0 bridgehead atoms. The van der Waals surface area contributed by atoms with Crippen LogP contribution in [-0.4, -0.2) is 21.5 Å². The summed E-state index contributed by atoms with van der Waals surface area (Å²) in [6, 6.07) is 8.76. The second-order valence-corrected chi connectivity index (χ2v) is 5.39. The van der Waals surface area contributed by atoms with E-state index in [4.69, 9.17) is 0 Å². The lowest BCUT2D eigenvalue weighted by Gasteiger charge is -2.14. The van der Waals surface area contributed by atoms with Crippen LogP contribution in [0.4, 0.5) is 4.39 Å². The SMILES string of the molecule is CCC(CC)n1ccc(CC(CO)c2ccc(F)cc2)n1. The summed E-state index contributed by atoms with van der Waals surface area (Å²) in [5, 5.41) is 14.2. The van der Waals surface area contributed by atoms with Crippen LogP contribution in [0, 0.1) is 5.82 Å². The molecule has 1 heterocycles. The van der Waals surface area contributed by atoms with Crippen LogP contribution in [0.5, 0.6) is 0 Å². The van der Waals surface area contributed by atoms with Crippen molar-refractivity contribution in [3.8, 4) is 0 Å². The van der Waals surface area contributed by atoms with Crippen molar-refractivity contribution < 1.29 is 9.50 Å². The number of aliphatic hydroxyl groups excluding tert-OH is 1. The summed E-state index contributed by atoms with van der Waals surface area (Å²) < 4.78 is 15.0. The van der Waals surface area contributed by atoms with Crippen LogP contribution in [0.2, 0.25) is 0 Å². The van der Waals surface area contributed by atoms with E-state index in [-0.39, 0.29) is 18.3 Å². The molecule has 3 nitrogen and oxygen atoms in total. The second-order valence-electron chi connectivity index (χ2n) is 5.39. The Morgan fingerprint density at radius 2 is 1.81 bits per heavy atom. The van der Waals surface area contributed by atoms with Crippen LogP contribution < -0.4 is 0 Å². The molecule has 114 valence electrons. The van der Waals surface area contributed by atoms with Crippen molar-refractivity contribution in [1.82, 2.24) is 9.78 Å². The molecule has 1 unspecified atom stereocenters. The van der Waals surface area contributed by atoms with Crippen molar-refractivity contribution in [3.05, 3.63) is 53.6 Å². The third kappa shape index (κ3) is 3.91. The number of benzene rings is 1. The summed E-state index contributed by atoms with van der Waals surface area (Å²) in [6.07, 6.45) is 4.78. The molecule has 1 aromatic heterocycles. The Bertz CT molecular complexity index is 546. The molecule has 0 spiro atoms. The molecule has 0 radical (unpaired) electrons. The maximum Gasteiger partial charge on any atom is 0.123 e. The van der Waals surface area contributed by atoms with Crippen LogP contribution in [0.3, 0.4) is 0 Å². The van der Waals surface area contributed by atoms with Crippen molar-refractivity contribution >= 4 is 0 Å². The van der Waals surface area contributed by atoms with E-state index in [1.54, 1.807) is 12.1 Å². The molecule has 1 aromatic carbocycles. The van der Waals surface area contributed by atoms with E-state index >= 15 is 0 Å². The number of nitrogens with zero attached hydrogens (tertiary/aromatic N) is 2. The van der Waals surface area contributed by atoms with Gasteiger partial charge in [0.25, 0.3) is 0 Å². The predicted molar refractivity (Wildman–Crippen MR) is 81.8 cm³/mol. The van der Waals surface area contributed by atoms with Gasteiger partial charge in [-0.25, -0.2) is 4.39 Å². The first-order chi connectivity index (χ1) is 10.2. The molecule has 0 aliphatic heterocycles. The average molecular weight is 290 g/mol. The van der Waals surface area contributed by atoms with E-state index in [1.807, 2.05) is 16.9 Å². The van der Waals surface area contributed by atoms with Crippen molar-refractivity contribution in [2.24, 2.45) is 0 Å². The number of hydrogen-bond acceptors (Lipinski definition) is 2. The smallest absolute Gasteiger partial charge is 0.123 e. The lowest BCUT2D eigenvalue weighted by molar-refractivity contribution is 0.263. The normalized spacial score (nSPS) is 12.8. The molecule has 0 fully saturated rings. The van der Waals surface area contributed by atoms with Gasteiger partial charge in [0.05, 0.1) is 18.3 Å². The topological polar surface area (TPSA) is 38.0 Å². The van der Waals surface area contributed by atoms with Crippen molar-refractivity contribution in [2.45, 2.75) is 45.1 Å². The highest BCUT2D eigenvalue weighted by Gasteiger charge is 2.14. The molecular weight excluding hydrogens is 267 g/mol. The Morgan fingerprint density at radius 3 is 2.38 bits per heavy atom. The summed E-state index contributed by atoms with van der Waals surface area (Å²) in [5.41, 5.74) is 1.90. The maximum absolute atomic E-state index is 13.0. The first-order valence-electron chi connectivity index (χ1n) is 7.58. The molecule has 2 aromatic rings. The molecule has 0 saturated heterocycles. The fraction of sp³-hybridized carbons (Fsp3) is 0.471. The third-order valence-corrected chi connectivity index (χ3v) is 4.00. The fourth-order valence-corrected chi connectivity index (χ4v) is 2.63. The van der Waals surface area contributed by atoms with Gasteiger partial charge in [-0.3, -0.25) is 4.68 Å². The molecule has 0 amide bonds. The average Bonchev–Trinajstić information content (AvgIpc) is 2.96. The van der Waals surface area contributed by atoms with Gasteiger partial charge in [0, 0.05) is 18.5 Å². The van der Waals surface area contributed by atoms with E-state index in [9.17, 15) is 9.50 Å². The Labute approximate surface area is 125 Å². The third-order valence-electron chi connectivity index (χ3n) is 4.00. The minimum Gasteiger partial charge on any atom is -0.396 e. The molecule has 1 N–H and O–H groups in total. The zero-order valence-corrected chi connectivity index (χ0v) is 12.7. The first-order valence-corrected chi connectivity index (χ1v) is 7.58. The molecule has 1 atom stereocenters. The van der Waals surface area contributed by atoms with Crippen LogP contribution in [-0.2, 0) is 6.42 Å². The predicted octanol–water partition coefficient (Wildman–Crippen LogP) is 3.70. The van der Waals surface area contributed by atoms with Gasteiger partial charge in [0.1, 0.15) is 5.82 Å². The minimum atomic E-state index is -0.256. The van der Waals surface area contributed by atoms with Crippen LogP contribution in [0.25, 0.3) is 0 Å². The summed E-state index contributed by atoms with van der Waals surface area (Å²) in [5.74, 6) is -0.302. The van der Waals surface area contributed by atoms with E-state index in [0.717, 1.165) is 24.1 Å². The molecule has 0 saturated carbocycles. The van der Waals surface area contributed by atoms with Crippen LogP contribution in [0.15, 0.2) is 36.5 Å². The standard InChI is InChI=1S/C17H23FN2O/c1-3-17(4-2)20-10-9-16(19-20)11-14(12-21)13-5-7-15(18)8-6-13/h5-10,14,17,21H,3-4,11-12H2,1-2H3. The minimum absolute atomic E-state index is 0.0312. The monoisotopic (exact) mass is 290 g/mol. The fourth-order valence-electron chi connectivity index (χ4n) is 2.63. The lowest BCUT2D eigenvalue weighted by atomic mass is 9.95. The lowest BCUT2D eigenvalue weighted by Crippen LogP contribution is -2.11. The highest BCUT2D eigenvalue weighted by molar-refractivity contribution is 5.22. The summed E-state index contributed by atoms with van der Waals surface area (Å²) in [4.78, 5) is 0. The van der Waals surface area contributed by atoms with Crippen molar-refractivity contribution in [1.29, 1.82) is 0 Å². The molecule has 0 aliphatic rings. The summed E-state index contributed by atoms with van der Waals surface area (Å²) in [7, 11) is 0. The molecule has 21 heavy (non-hydrogen) atoms. The van der Waals surface area contributed by atoms with Gasteiger partial charge in [0.2, 0.25) is 0 Å². The molecule has 0 aliphatic carbocycles. The first kappa shape index (κ1) is 15.7. The number of aromatic nitrogens is 2. The molecule has 2 rings (SSSR count). The Hall–Kier alpha value is -1.68. The van der Waals surface area contributed by atoms with Crippen LogP contribution >= 0.6 is 0 Å². The van der Waals surface area contributed by atoms with Crippen LogP contribution in [0.1, 0.15) is 49.9 Å². The quantitative estimate of drug-likeness (QED) is 0.844. The van der Waals surface area contributed by atoms with Crippen molar-refractivity contribution in [3.63, 3.8) is 0 Å². The van der Waals surface area contributed by atoms with Gasteiger partial charge >= 0.3 is 0 Å². The van der Waals surface area contributed by atoms with Gasteiger partial charge in [0.15, 0.2) is 0 Å². The van der Waals surface area contributed by atoms with E-state index in [0.29, 0.717) is 12.5 Å². The molecular formula is C17H23FN2O. The van der Waals surface area contributed by atoms with Gasteiger partial charge in [-0.05, 0) is 36.6 Å². The number of aliphatic hydroxyl groups is 1. The molecule has 4 heteroatoms. The Balaban J connectivity index is 2.10. The number of rotatable bonds is 7. The van der Waals surface area contributed by atoms with Gasteiger partial charge in [-0.15, -0.1) is 0 Å². The second kappa shape index (κ2) is 7.36. The van der Waals surface area contributed by atoms with Gasteiger partial charge in [-0.2, -0.15) is 5.10 Å². The Kier molecular flexibility index (Phi) is 5.51. The van der Waals surface area contributed by atoms with E-state index < -0.39 is 0 Å². The zero-order chi connectivity index (χ0) is 15.2. The summed E-state index contributed by atoms with van der Waals surface area (Å²) >= 11 is 0. The van der Waals surface area contributed by atoms with E-state index in [2.05, 4.69) is 18.9 Å². The maximum atomic E-state index is 13.0. The highest BCUT2D eigenvalue weighted by atomic mass is 19.1. The van der Waals surface area contributed by atoms with E-state index in [1.165, 1.54) is 12.1 Å².